The summed E-state index contributed by atoms with van der Waals surface area (Å²) in [5.41, 5.74) is 0.888. The van der Waals surface area contributed by atoms with Crippen LogP contribution in [0.15, 0.2) is 53.8 Å². The summed E-state index contributed by atoms with van der Waals surface area (Å²) in [6.45, 7) is 4.85. The van der Waals surface area contributed by atoms with Crippen molar-refractivity contribution in [2.45, 2.75) is 24.4 Å². The van der Waals surface area contributed by atoms with E-state index < -0.39 is 0 Å². The van der Waals surface area contributed by atoms with Crippen molar-refractivity contribution in [2.24, 2.45) is 0 Å². The summed E-state index contributed by atoms with van der Waals surface area (Å²) in [7, 11) is 1.67. The average Bonchev–Trinajstić information content (AvgIpc) is 3.36. The Labute approximate surface area is 210 Å². The fraction of sp³-hybridized carbons (Fsp3) is 0.440. The van der Waals surface area contributed by atoms with Crippen LogP contribution in [-0.2, 0) is 4.79 Å². The first-order chi connectivity index (χ1) is 17.2. The number of nitrogens with zero attached hydrogens (tertiary/aromatic N) is 7. The third kappa shape index (κ3) is 5.22. The molecule has 1 amide bonds. The van der Waals surface area contributed by atoms with E-state index in [1.807, 2.05) is 51.9 Å². The van der Waals surface area contributed by atoms with Crippen LogP contribution in [0, 0.1) is 0 Å². The number of aromatic nitrogens is 4. The van der Waals surface area contributed by atoms with Crippen molar-refractivity contribution in [3.05, 3.63) is 48.7 Å². The number of ether oxygens (including phenoxy) is 1. The van der Waals surface area contributed by atoms with E-state index in [0.29, 0.717) is 24.0 Å². The summed E-state index contributed by atoms with van der Waals surface area (Å²) in [5, 5.41) is 9.76. The lowest BCUT2D eigenvalue weighted by Crippen LogP contribution is -2.49. The molecule has 2 aliphatic heterocycles. The Kier molecular flexibility index (Phi) is 7.37. The number of hydrogen-bond acceptors (Lipinski definition) is 8. The van der Waals surface area contributed by atoms with Crippen molar-refractivity contribution in [3.8, 4) is 11.4 Å². The Morgan fingerprint density at radius 2 is 1.69 bits per heavy atom. The number of rotatable bonds is 7. The zero-order chi connectivity index (χ0) is 24.0. The van der Waals surface area contributed by atoms with E-state index in [9.17, 15) is 4.79 Å². The van der Waals surface area contributed by atoms with Gasteiger partial charge < -0.3 is 19.4 Å². The molecule has 0 saturated carbocycles. The predicted octanol–water partition coefficient (Wildman–Crippen LogP) is 3.10. The molecule has 184 valence electrons. The van der Waals surface area contributed by atoms with Crippen molar-refractivity contribution in [2.75, 3.05) is 61.9 Å². The van der Waals surface area contributed by atoms with E-state index in [1.54, 1.807) is 13.3 Å². The maximum atomic E-state index is 13.1. The summed E-state index contributed by atoms with van der Waals surface area (Å²) < 4.78 is 7.69. The molecular weight excluding hydrogens is 462 g/mol. The van der Waals surface area contributed by atoms with Crippen LogP contribution < -0.4 is 14.5 Å². The van der Waals surface area contributed by atoms with E-state index >= 15 is 0 Å². The highest BCUT2D eigenvalue weighted by Gasteiger charge is 2.26. The van der Waals surface area contributed by atoms with Crippen LogP contribution >= 0.6 is 11.8 Å². The maximum absolute atomic E-state index is 13.1. The summed E-state index contributed by atoms with van der Waals surface area (Å²) >= 11 is 1.43. The molecule has 0 radical (unpaired) electrons. The first-order valence-electron chi connectivity index (χ1n) is 12.1. The topological polar surface area (TPSA) is 79.6 Å². The van der Waals surface area contributed by atoms with Crippen LogP contribution in [0.3, 0.4) is 0 Å². The first kappa shape index (κ1) is 23.5. The number of carbonyl (C=O) groups excluding carboxylic acids is 1. The normalized spacial score (nSPS) is 16.4. The van der Waals surface area contributed by atoms with E-state index in [-0.39, 0.29) is 5.91 Å². The lowest BCUT2D eigenvalue weighted by molar-refractivity contribution is -0.128. The number of anilines is 2. The maximum Gasteiger partial charge on any atom is 0.233 e. The molecule has 2 aliphatic rings. The number of pyridine rings is 1. The molecule has 35 heavy (non-hydrogen) atoms. The molecule has 0 N–H and O–H groups in total. The molecule has 0 atom stereocenters. The molecule has 3 aromatic rings. The molecule has 5 rings (SSSR count). The number of para-hydroxylation sites is 2. The standard InChI is InChI=1S/C25H31N7O2S/c1-34-21-10-4-3-9-20(21)32-24(31-13-7-2-8-14-31)27-28-25(32)35-19-23(33)30-17-15-29(16-18-30)22-11-5-6-12-26-22/h3-6,9-12H,2,7-8,13-19H2,1H3. The fourth-order valence-electron chi connectivity index (χ4n) is 4.62. The van der Waals surface area contributed by atoms with Gasteiger partial charge in [-0.2, -0.15) is 0 Å². The molecule has 4 heterocycles. The van der Waals surface area contributed by atoms with Crippen LogP contribution in [0.5, 0.6) is 5.75 Å². The number of methoxy groups -OCH3 is 1. The van der Waals surface area contributed by atoms with Gasteiger partial charge in [-0.15, -0.1) is 10.2 Å². The number of hydrogen-bond donors (Lipinski definition) is 0. The van der Waals surface area contributed by atoms with Crippen LogP contribution in [0.4, 0.5) is 11.8 Å². The van der Waals surface area contributed by atoms with Crippen LogP contribution in [-0.4, -0.2) is 82.7 Å². The van der Waals surface area contributed by atoms with Gasteiger partial charge in [0.2, 0.25) is 11.9 Å². The number of thioether (sulfide) groups is 1. The highest BCUT2D eigenvalue weighted by molar-refractivity contribution is 7.99. The van der Waals surface area contributed by atoms with Gasteiger partial charge in [0, 0.05) is 45.5 Å². The third-order valence-electron chi connectivity index (χ3n) is 6.51. The summed E-state index contributed by atoms with van der Waals surface area (Å²) in [5.74, 6) is 2.96. The second-order valence-corrected chi connectivity index (χ2v) is 9.62. The molecule has 10 heteroatoms. The SMILES string of the molecule is COc1ccccc1-n1c(SCC(=O)N2CCN(c3ccccn3)CC2)nnc1N1CCCCC1. The molecule has 2 saturated heterocycles. The predicted molar refractivity (Wildman–Crippen MR) is 138 cm³/mol. The minimum atomic E-state index is 0.116. The first-order valence-corrected chi connectivity index (χ1v) is 13.1. The van der Waals surface area contributed by atoms with Gasteiger partial charge in [0.05, 0.1) is 18.6 Å². The van der Waals surface area contributed by atoms with Crippen molar-refractivity contribution in [1.82, 2.24) is 24.6 Å². The Hall–Kier alpha value is -3.27. The largest absolute Gasteiger partial charge is 0.495 e. The van der Waals surface area contributed by atoms with Crippen molar-refractivity contribution in [1.29, 1.82) is 0 Å². The van der Waals surface area contributed by atoms with Gasteiger partial charge in [0.15, 0.2) is 5.16 Å². The lowest BCUT2D eigenvalue weighted by atomic mass is 10.1. The Balaban J connectivity index is 1.29. The van der Waals surface area contributed by atoms with Gasteiger partial charge in [-0.05, 0) is 43.5 Å². The lowest BCUT2D eigenvalue weighted by Gasteiger charge is -2.35. The highest BCUT2D eigenvalue weighted by atomic mass is 32.2. The molecule has 0 unspecified atom stereocenters. The van der Waals surface area contributed by atoms with Crippen molar-refractivity contribution >= 4 is 29.4 Å². The second kappa shape index (κ2) is 11.0. The highest BCUT2D eigenvalue weighted by Crippen LogP contribution is 2.33. The minimum Gasteiger partial charge on any atom is -0.495 e. The molecule has 9 nitrogen and oxygen atoms in total. The van der Waals surface area contributed by atoms with E-state index in [0.717, 1.165) is 62.2 Å². The fourth-order valence-corrected chi connectivity index (χ4v) is 5.47. The van der Waals surface area contributed by atoms with Crippen LogP contribution in [0.2, 0.25) is 0 Å². The Morgan fingerprint density at radius 3 is 2.43 bits per heavy atom. The summed E-state index contributed by atoms with van der Waals surface area (Å²) in [6, 6.07) is 13.8. The number of piperidine rings is 1. The molecule has 2 fully saturated rings. The molecular formula is C25H31N7O2S. The van der Waals surface area contributed by atoms with Crippen molar-refractivity contribution in [3.63, 3.8) is 0 Å². The molecule has 1 aromatic carbocycles. The summed E-state index contributed by atoms with van der Waals surface area (Å²) in [4.78, 5) is 23.9. The quantitative estimate of drug-likeness (QED) is 0.465. The average molecular weight is 494 g/mol. The van der Waals surface area contributed by atoms with E-state index in [2.05, 4.69) is 25.0 Å². The molecule has 0 bridgehead atoms. The number of carbonyl (C=O) groups is 1. The number of piperazine rings is 1. The van der Waals surface area contributed by atoms with Gasteiger partial charge in [0.1, 0.15) is 11.6 Å². The van der Waals surface area contributed by atoms with Gasteiger partial charge in [0.25, 0.3) is 0 Å². The zero-order valence-corrected chi connectivity index (χ0v) is 20.9. The monoisotopic (exact) mass is 493 g/mol. The number of benzene rings is 1. The Bertz CT molecular complexity index is 1130. The zero-order valence-electron chi connectivity index (χ0n) is 20.0. The molecule has 0 spiro atoms. The Morgan fingerprint density at radius 1 is 0.914 bits per heavy atom. The van der Waals surface area contributed by atoms with E-state index in [1.165, 1.54) is 18.2 Å². The van der Waals surface area contributed by atoms with Crippen LogP contribution in [0.1, 0.15) is 19.3 Å². The molecule has 2 aromatic heterocycles. The number of amides is 1. The summed E-state index contributed by atoms with van der Waals surface area (Å²) in [6.07, 6.45) is 5.33. The van der Waals surface area contributed by atoms with Crippen LogP contribution in [0.25, 0.3) is 5.69 Å². The van der Waals surface area contributed by atoms with Gasteiger partial charge >= 0.3 is 0 Å². The van der Waals surface area contributed by atoms with Crippen molar-refractivity contribution < 1.29 is 9.53 Å². The second-order valence-electron chi connectivity index (χ2n) is 8.68. The third-order valence-corrected chi connectivity index (χ3v) is 7.43. The molecule has 0 aliphatic carbocycles. The van der Waals surface area contributed by atoms with Gasteiger partial charge in [-0.3, -0.25) is 9.36 Å². The smallest absolute Gasteiger partial charge is 0.233 e. The van der Waals surface area contributed by atoms with Gasteiger partial charge in [-0.25, -0.2) is 4.98 Å². The van der Waals surface area contributed by atoms with E-state index in [4.69, 9.17) is 4.74 Å². The van der Waals surface area contributed by atoms with Gasteiger partial charge in [-0.1, -0.05) is 30.0 Å². The minimum absolute atomic E-state index is 0.116.